The first-order chi connectivity index (χ1) is 4.77. The van der Waals surface area contributed by atoms with E-state index in [-0.39, 0.29) is 40.0 Å². The molecule has 0 aromatic rings. The van der Waals surface area contributed by atoms with Crippen LogP contribution in [0, 0.1) is 0 Å². The molecule has 68 valence electrons. The van der Waals surface area contributed by atoms with E-state index >= 15 is 0 Å². The fourth-order valence-electron chi connectivity index (χ4n) is 1.90. The SMILES string of the molecule is CCCC1([O-])CCCCC1.[Br-].[Mg+2]. The monoisotopic (exact) mass is 244 g/mol. The zero-order valence-electron chi connectivity index (χ0n) is 7.94. The van der Waals surface area contributed by atoms with Crippen molar-refractivity contribution in [2.24, 2.45) is 0 Å². The molecule has 1 nitrogen and oxygen atoms in total. The molecule has 1 rings (SSSR count). The van der Waals surface area contributed by atoms with Gasteiger partial charge in [0.1, 0.15) is 0 Å². The van der Waals surface area contributed by atoms with Gasteiger partial charge >= 0.3 is 23.1 Å². The molecule has 1 aliphatic carbocycles. The maximum atomic E-state index is 11.7. The molecule has 12 heavy (non-hydrogen) atoms. The van der Waals surface area contributed by atoms with Gasteiger partial charge in [-0.2, -0.15) is 0 Å². The maximum absolute atomic E-state index is 11.7. The molecule has 0 spiro atoms. The fraction of sp³-hybridized carbons (Fsp3) is 1.00. The fourth-order valence-corrected chi connectivity index (χ4v) is 1.90. The molecule has 0 heterocycles. The quantitative estimate of drug-likeness (QED) is 0.542. The van der Waals surface area contributed by atoms with Crippen LogP contribution < -0.4 is 22.1 Å². The van der Waals surface area contributed by atoms with Crippen LogP contribution in [0.1, 0.15) is 51.9 Å². The molecule has 0 amide bonds. The van der Waals surface area contributed by atoms with Crippen molar-refractivity contribution < 1.29 is 22.1 Å². The van der Waals surface area contributed by atoms with E-state index in [1.807, 2.05) is 0 Å². The van der Waals surface area contributed by atoms with Crippen LogP contribution in [0.25, 0.3) is 0 Å². The van der Waals surface area contributed by atoms with Gasteiger partial charge in [-0.25, -0.2) is 0 Å². The van der Waals surface area contributed by atoms with Crippen LogP contribution in [0.2, 0.25) is 0 Å². The van der Waals surface area contributed by atoms with Gasteiger partial charge in [-0.15, -0.1) is 5.60 Å². The Labute approximate surface area is 102 Å². The average molecular weight is 245 g/mol. The number of halogens is 1. The minimum absolute atomic E-state index is 0. The van der Waals surface area contributed by atoms with Gasteiger partial charge in [0.15, 0.2) is 0 Å². The molecule has 0 aliphatic heterocycles. The second kappa shape index (κ2) is 7.60. The van der Waals surface area contributed by atoms with Gasteiger partial charge < -0.3 is 22.1 Å². The molecule has 1 saturated carbocycles. The standard InChI is InChI=1S/C9H17O.BrH.Mg/c1-2-6-9(10)7-4-3-5-8-9;;/h2-8H2,1H3;1H;/q-1;;+2/p-1. The topological polar surface area (TPSA) is 23.1 Å². The summed E-state index contributed by atoms with van der Waals surface area (Å²) < 4.78 is 0. The Morgan fingerprint density at radius 3 is 2.08 bits per heavy atom. The Kier molecular flexibility index (Phi) is 9.92. The first kappa shape index (κ1) is 15.7. The molecule has 0 unspecified atom stereocenters. The van der Waals surface area contributed by atoms with Gasteiger partial charge in [-0.3, -0.25) is 0 Å². The molecule has 0 saturated heterocycles. The van der Waals surface area contributed by atoms with E-state index in [4.69, 9.17) is 0 Å². The van der Waals surface area contributed by atoms with Gasteiger partial charge in [0, 0.05) is 0 Å². The first-order valence-corrected chi connectivity index (χ1v) is 4.47. The van der Waals surface area contributed by atoms with Crippen molar-refractivity contribution in [2.45, 2.75) is 57.5 Å². The summed E-state index contributed by atoms with van der Waals surface area (Å²) in [5.74, 6) is 0. The molecule has 0 bridgehead atoms. The van der Waals surface area contributed by atoms with Gasteiger partial charge in [0.25, 0.3) is 0 Å². The summed E-state index contributed by atoms with van der Waals surface area (Å²) in [6.07, 6.45) is 7.44. The van der Waals surface area contributed by atoms with E-state index in [0.29, 0.717) is 0 Å². The normalized spacial score (nSPS) is 20.5. The Morgan fingerprint density at radius 1 is 1.17 bits per heavy atom. The van der Waals surface area contributed by atoms with E-state index in [9.17, 15) is 5.11 Å². The van der Waals surface area contributed by atoms with Crippen LogP contribution in [-0.2, 0) is 0 Å². The summed E-state index contributed by atoms with van der Waals surface area (Å²) in [7, 11) is 0. The molecule has 3 heteroatoms. The average Bonchev–Trinajstić information content (AvgIpc) is 1.89. The van der Waals surface area contributed by atoms with Crippen LogP contribution in [0.5, 0.6) is 0 Å². The molecule has 1 fully saturated rings. The summed E-state index contributed by atoms with van der Waals surface area (Å²) in [6.45, 7) is 2.11. The van der Waals surface area contributed by atoms with Crippen molar-refractivity contribution in [1.29, 1.82) is 0 Å². The van der Waals surface area contributed by atoms with Crippen LogP contribution in [0.4, 0.5) is 0 Å². The van der Waals surface area contributed by atoms with Crippen LogP contribution in [-0.4, -0.2) is 28.7 Å². The summed E-state index contributed by atoms with van der Waals surface area (Å²) in [4.78, 5) is 0. The Balaban J connectivity index is 0. The van der Waals surface area contributed by atoms with Gasteiger partial charge in [0.2, 0.25) is 0 Å². The molecule has 0 radical (unpaired) electrons. The van der Waals surface area contributed by atoms with Crippen LogP contribution in [0.15, 0.2) is 0 Å². The van der Waals surface area contributed by atoms with Crippen molar-refractivity contribution in [3.63, 3.8) is 0 Å². The van der Waals surface area contributed by atoms with Crippen molar-refractivity contribution >= 4 is 23.1 Å². The molecular formula is C9H17BrMgO. The maximum Gasteiger partial charge on any atom is 2.00 e. The summed E-state index contributed by atoms with van der Waals surface area (Å²) >= 11 is 0. The number of hydrogen-bond donors (Lipinski definition) is 0. The zero-order valence-corrected chi connectivity index (χ0v) is 10.9. The summed E-state index contributed by atoms with van der Waals surface area (Å²) in [5.41, 5.74) is -0.521. The Bertz CT molecular complexity index is 97.2. The predicted octanol–water partition coefficient (Wildman–Crippen LogP) is -1.53. The van der Waals surface area contributed by atoms with Gasteiger partial charge in [0.05, 0.1) is 0 Å². The van der Waals surface area contributed by atoms with Gasteiger partial charge in [-0.1, -0.05) is 51.9 Å². The summed E-state index contributed by atoms with van der Waals surface area (Å²) in [5, 5.41) is 11.7. The first-order valence-electron chi connectivity index (χ1n) is 4.47. The largest absolute Gasteiger partial charge is 2.00 e. The molecule has 0 N–H and O–H groups in total. The van der Waals surface area contributed by atoms with Crippen LogP contribution >= 0.6 is 0 Å². The van der Waals surface area contributed by atoms with Gasteiger partial charge in [-0.05, 0) is 0 Å². The molecule has 1 aliphatic rings. The third-order valence-corrected chi connectivity index (χ3v) is 2.47. The van der Waals surface area contributed by atoms with Crippen LogP contribution in [0.3, 0.4) is 0 Å². The Morgan fingerprint density at radius 2 is 1.67 bits per heavy atom. The molecule has 0 atom stereocenters. The predicted molar refractivity (Wildman–Crippen MR) is 46.5 cm³/mol. The smallest absolute Gasteiger partial charge is 1.00 e. The van der Waals surface area contributed by atoms with Crippen molar-refractivity contribution in [3.8, 4) is 0 Å². The molecule has 0 aromatic carbocycles. The number of hydrogen-bond acceptors (Lipinski definition) is 1. The van der Waals surface area contributed by atoms with Crippen molar-refractivity contribution in [3.05, 3.63) is 0 Å². The van der Waals surface area contributed by atoms with E-state index in [1.54, 1.807) is 0 Å². The molecular weight excluding hydrogens is 228 g/mol. The van der Waals surface area contributed by atoms with Crippen molar-refractivity contribution in [1.82, 2.24) is 0 Å². The van der Waals surface area contributed by atoms with Crippen molar-refractivity contribution in [2.75, 3.05) is 0 Å². The third kappa shape index (κ3) is 5.05. The third-order valence-electron chi connectivity index (χ3n) is 2.47. The van der Waals surface area contributed by atoms with E-state index in [2.05, 4.69) is 6.92 Å². The minimum atomic E-state index is -0.521. The zero-order chi connectivity index (χ0) is 7.45. The summed E-state index contributed by atoms with van der Waals surface area (Å²) in [6, 6.07) is 0. The second-order valence-corrected chi connectivity index (χ2v) is 3.49. The number of rotatable bonds is 2. The van der Waals surface area contributed by atoms with E-state index in [0.717, 1.165) is 25.7 Å². The van der Waals surface area contributed by atoms with E-state index < -0.39 is 5.60 Å². The van der Waals surface area contributed by atoms with E-state index in [1.165, 1.54) is 19.3 Å². The minimum Gasteiger partial charge on any atom is -1.00 e. The Hall–Kier alpha value is 1.21. The second-order valence-electron chi connectivity index (χ2n) is 3.49. The molecule has 0 aromatic heterocycles.